The predicted octanol–water partition coefficient (Wildman–Crippen LogP) is 5.29. The summed E-state index contributed by atoms with van der Waals surface area (Å²) in [5.41, 5.74) is 8.73. The molecule has 0 radical (unpaired) electrons. The van der Waals surface area contributed by atoms with Gasteiger partial charge in [0.15, 0.2) is 10.9 Å². The van der Waals surface area contributed by atoms with E-state index < -0.39 is 5.79 Å². The molecule has 31 heavy (non-hydrogen) atoms. The minimum atomic E-state index is -0.675. The highest BCUT2D eigenvalue weighted by Crippen LogP contribution is 2.30. The Bertz CT molecular complexity index is 914. The summed E-state index contributed by atoms with van der Waals surface area (Å²) in [4.78, 5) is 0. The van der Waals surface area contributed by atoms with Crippen LogP contribution < -0.4 is 15.8 Å². The molecule has 3 N–H and O–H groups in total. The summed E-state index contributed by atoms with van der Waals surface area (Å²) in [6, 6.07) is 17.9. The Morgan fingerprint density at radius 2 is 1.87 bits per heavy atom. The van der Waals surface area contributed by atoms with E-state index in [1.807, 2.05) is 48.5 Å². The van der Waals surface area contributed by atoms with Crippen molar-refractivity contribution in [3.05, 3.63) is 78.4 Å². The number of methoxy groups -OCH3 is 1. The van der Waals surface area contributed by atoms with Crippen LogP contribution in [0.1, 0.15) is 31.2 Å². The van der Waals surface area contributed by atoms with E-state index in [9.17, 15) is 0 Å². The van der Waals surface area contributed by atoms with E-state index in [0.717, 1.165) is 30.7 Å². The van der Waals surface area contributed by atoms with Gasteiger partial charge in [0.2, 0.25) is 0 Å². The maximum absolute atomic E-state index is 6.09. The number of allylic oxidation sites excluding steroid dienone is 2. The van der Waals surface area contributed by atoms with E-state index >= 15 is 0 Å². The van der Waals surface area contributed by atoms with Crippen LogP contribution in [-0.4, -0.2) is 31.2 Å². The highest BCUT2D eigenvalue weighted by atomic mass is 32.1. The van der Waals surface area contributed by atoms with Crippen LogP contribution in [0.2, 0.25) is 0 Å². The van der Waals surface area contributed by atoms with Gasteiger partial charge in [0, 0.05) is 25.3 Å². The first kappa shape index (κ1) is 23.0. The standard InChI is InChI=1S/C25H30N2O3S/c1-28-25(15-13-21(14-16-25)20-9-4-2-5-10-20)30-18-7-3-6-17-29-23-12-8-11-22(19-23)27-24(26)31/h2,4-5,8-15,19H,3,6-7,16-18H2,1H3,(H3,26,27,31). The molecule has 0 saturated heterocycles. The first-order valence-electron chi connectivity index (χ1n) is 10.5. The Hall–Kier alpha value is -2.67. The Labute approximate surface area is 189 Å². The molecule has 0 aromatic heterocycles. The number of nitrogens with two attached hydrogens (primary N) is 1. The number of rotatable bonds is 11. The second-order valence-corrected chi connectivity index (χ2v) is 7.79. The average Bonchev–Trinajstić information content (AvgIpc) is 2.79. The molecule has 2 aromatic carbocycles. The number of thiocarbonyl (C=S) groups is 1. The number of anilines is 1. The monoisotopic (exact) mass is 438 g/mol. The second-order valence-electron chi connectivity index (χ2n) is 7.35. The first-order valence-corrected chi connectivity index (χ1v) is 10.9. The fourth-order valence-electron chi connectivity index (χ4n) is 3.39. The van der Waals surface area contributed by atoms with Gasteiger partial charge in [0.05, 0.1) is 13.2 Å². The Morgan fingerprint density at radius 3 is 2.58 bits per heavy atom. The number of hydrogen-bond donors (Lipinski definition) is 2. The molecule has 0 bridgehead atoms. The highest BCUT2D eigenvalue weighted by Gasteiger charge is 2.28. The number of ether oxygens (including phenoxy) is 3. The van der Waals surface area contributed by atoms with Crippen molar-refractivity contribution < 1.29 is 14.2 Å². The molecule has 3 rings (SSSR count). The largest absolute Gasteiger partial charge is 0.494 e. The topological polar surface area (TPSA) is 65.7 Å². The van der Waals surface area contributed by atoms with Crippen molar-refractivity contribution in [3.63, 3.8) is 0 Å². The summed E-state index contributed by atoms with van der Waals surface area (Å²) < 4.78 is 17.6. The summed E-state index contributed by atoms with van der Waals surface area (Å²) in [6.45, 7) is 1.29. The van der Waals surface area contributed by atoms with Gasteiger partial charge in [-0.15, -0.1) is 0 Å². The van der Waals surface area contributed by atoms with E-state index in [-0.39, 0.29) is 5.11 Å². The molecule has 0 spiro atoms. The SMILES string of the molecule is COC1(OCCCCCOc2cccc(NC(N)=S)c2)C=CC(c2ccccc2)=CC1. The van der Waals surface area contributed by atoms with Gasteiger partial charge in [0.1, 0.15) is 5.75 Å². The van der Waals surface area contributed by atoms with E-state index in [0.29, 0.717) is 19.6 Å². The minimum absolute atomic E-state index is 0.241. The van der Waals surface area contributed by atoms with Crippen LogP contribution in [0.3, 0.4) is 0 Å². The number of benzene rings is 2. The molecular formula is C25H30N2O3S. The summed E-state index contributed by atoms with van der Waals surface area (Å²) in [7, 11) is 1.69. The van der Waals surface area contributed by atoms with E-state index in [2.05, 4.69) is 29.6 Å². The fraction of sp³-hybridized carbons (Fsp3) is 0.320. The Balaban J connectivity index is 1.35. The zero-order valence-electron chi connectivity index (χ0n) is 17.9. The van der Waals surface area contributed by atoms with Crippen molar-refractivity contribution in [2.24, 2.45) is 5.73 Å². The van der Waals surface area contributed by atoms with Gasteiger partial charge >= 0.3 is 0 Å². The number of hydrogen-bond acceptors (Lipinski definition) is 4. The van der Waals surface area contributed by atoms with Gasteiger partial charge in [0.25, 0.3) is 0 Å². The van der Waals surface area contributed by atoms with E-state index in [4.69, 9.17) is 32.2 Å². The molecule has 1 atom stereocenters. The second kappa shape index (κ2) is 11.6. The molecule has 0 fully saturated rings. The third-order valence-electron chi connectivity index (χ3n) is 5.08. The van der Waals surface area contributed by atoms with E-state index in [1.165, 1.54) is 11.1 Å². The summed E-state index contributed by atoms with van der Waals surface area (Å²) in [5.74, 6) is 0.121. The lowest BCUT2D eigenvalue weighted by Gasteiger charge is -2.31. The summed E-state index contributed by atoms with van der Waals surface area (Å²) in [6.07, 6.45) is 9.88. The van der Waals surface area contributed by atoms with Crippen molar-refractivity contribution in [3.8, 4) is 5.75 Å². The maximum atomic E-state index is 6.09. The average molecular weight is 439 g/mol. The molecule has 1 aliphatic carbocycles. The predicted molar refractivity (Wildman–Crippen MR) is 130 cm³/mol. The molecule has 0 aliphatic heterocycles. The van der Waals surface area contributed by atoms with Gasteiger partial charge in [-0.3, -0.25) is 0 Å². The molecule has 0 heterocycles. The van der Waals surface area contributed by atoms with Crippen molar-refractivity contribution in [1.29, 1.82) is 0 Å². The van der Waals surface area contributed by atoms with Crippen molar-refractivity contribution in [1.82, 2.24) is 0 Å². The molecule has 0 amide bonds. The van der Waals surface area contributed by atoms with Crippen LogP contribution in [0.5, 0.6) is 5.75 Å². The van der Waals surface area contributed by atoms with Gasteiger partial charge in [-0.2, -0.15) is 0 Å². The molecule has 6 heteroatoms. The smallest absolute Gasteiger partial charge is 0.191 e. The number of unbranched alkanes of at least 4 members (excludes halogenated alkanes) is 2. The van der Waals surface area contributed by atoms with Crippen molar-refractivity contribution in [2.45, 2.75) is 31.5 Å². The fourth-order valence-corrected chi connectivity index (χ4v) is 3.51. The van der Waals surface area contributed by atoms with E-state index in [1.54, 1.807) is 7.11 Å². The van der Waals surface area contributed by atoms with Crippen molar-refractivity contribution >= 4 is 28.6 Å². The summed E-state index contributed by atoms with van der Waals surface area (Å²) in [5, 5.41) is 3.15. The lowest BCUT2D eigenvalue weighted by Crippen LogP contribution is -2.33. The number of nitrogens with one attached hydrogen (secondary N) is 1. The molecule has 2 aromatic rings. The van der Waals surface area contributed by atoms with Crippen molar-refractivity contribution in [2.75, 3.05) is 25.6 Å². The Morgan fingerprint density at radius 1 is 1.06 bits per heavy atom. The Kier molecular flexibility index (Phi) is 8.64. The molecule has 164 valence electrons. The zero-order valence-corrected chi connectivity index (χ0v) is 18.7. The first-order chi connectivity index (χ1) is 15.1. The maximum Gasteiger partial charge on any atom is 0.191 e. The van der Waals surface area contributed by atoms with Gasteiger partial charge in [-0.25, -0.2) is 0 Å². The van der Waals surface area contributed by atoms with Gasteiger partial charge in [-0.1, -0.05) is 48.6 Å². The lowest BCUT2D eigenvalue weighted by molar-refractivity contribution is -0.186. The third kappa shape index (κ3) is 7.21. The molecule has 0 saturated carbocycles. The molecule has 1 unspecified atom stereocenters. The third-order valence-corrected chi connectivity index (χ3v) is 5.18. The lowest BCUT2D eigenvalue weighted by atomic mass is 9.96. The van der Waals surface area contributed by atoms with Crippen LogP contribution in [0.15, 0.2) is 72.8 Å². The van der Waals surface area contributed by atoms with Gasteiger partial charge in [-0.05, 0) is 60.8 Å². The minimum Gasteiger partial charge on any atom is -0.494 e. The van der Waals surface area contributed by atoms with Crippen LogP contribution in [0.4, 0.5) is 5.69 Å². The normalized spacial score (nSPS) is 17.8. The van der Waals surface area contributed by atoms with Gasteiger partial charge < -0.3 is 25.3 Å². The highest BCUT2D eigenvalue weighted by molar-refractivity contribution is 7.80. The summed E-state index contributed by atoms with van der Waals surface area (Å²) >= 11 is 4.86. The quantitative estimate of drug-likeness (QED) is 0.282. The molecule has 1 aliphatic rings. The zero-order chi connectivity index (χ0) is 21.9. The van der Waals surface area contributed by atoms with Crippen LogP contribution >= 0.6 is 12.2 Å². The van der Waals surface area contributed by atoms with Crippen LogP contribution in [-0.2, 0) is 9.47 Å². The van der Waals surface area contributed by atoms with Crippen LogP contribution in [0, 0.1) is 0 Å². The molecular weight excluding hydrogens is 408 g/mol. The molecule has 5 nitrogen and oxygen atoms in total. The van der Waals surface area contributed by atoms with Crippen LogP contribution in [0.25, 0.3) is 5.57 Å².